The molecule has 1 aromatic carbocycles. The molecule has 0 fully saturated rings. The molecule has 0 unspecified atom stereocenters. The largest absolute Gasteiger partial charge is 0.451 e. The van der Waals surface area contributed by atoms with E-state index in [1.807, 2.05) is 0 Å². The summed E-state index contributed by atoms with van der Waals surface area (Å²) in [6.07, 6.45) is 3.22. The lowest BCUT2D eigenvalue weighted by Gasteiger charge is -2.11. The summed E-state index contributed by atoms with van der Waals surface area (Å²) in [5, 5.41) is 4.01. The van der Waals surface area contributed by atoms with Crippen LogP contribution in [0.5, 0.6) is 0 Å². The number of hydrazine groups is 1. The molecular formula is C16H18ClN3O3S. The second-order valence-corrected chi connectivity index (χ2v) is 6.00. The molecule has 2 rings (SSSR count). The lowest BCUT2D eigenvalue weighted by molar-refractivity contribution is 0.0916. The average Bonchev–Trinajstić information content (AvgIpc) is 2.57. The monoisotopic (exact) mass is 367 g/mol. The lowest BCUT2D eigenvalue weighted by atomic mass is 10.2. The van der Waals surface area contributed by atoms with Crippen LogP contribution in [0.3, 0.4) is 0 Å². The Bertz CT molecular complexity index is 807. The average molecular weight is 368 g/mol. The van der Waals surface area contributed by atoms with Crippen LogP contribution >= 0.6 is 23.8 Å². The number of carbonyl (C=O) groups excluding carboxylic acids is 1. The third kappa shape index (κ3) is 4.94. The van der Waals surface area contributed by atoms with Crippen LogP contribution in [-0.2, 0) is 0 Å². The van der Waals surface area contributed by atoms with Gasteiger partial charge in [0.2, 0.25) is 0 Å². The highest BCUT2D eigenvalue weighted by Gasteiger charge is 2.12. The molecule has 0 bridgehead atoms. The Balaban J connectivity index is 1.97. The highest BCUT2D eigenvalue weighted by molar-refractivity contribution is 7.80. The minimum atomic E-state index is -0.596. The number of amides is 1. The van der Waals surface area contributed by atoms with E-state index >= 15 is 0 Å². The standard InChI is InChI=1S/C16H18ClN3O3S/c1-2-3-4-7-18-16(24)20-19-15(22)14-9-12(21)11-8-10(17)5-6-13(11)23-14/h5-6,8-9H,2-4,7H2,1H3,(H,19,22)(H2,18,20,24). The fourth-order valence-electron chi connectivity index (χ4n) is 2.04. The molecule has 24 heavy (non-hydrogen) atoms. The first kappa shape index (κ1) is 18.2. The van der Waals surface area contributed by atoms with Crippen molar-refractivity contribution in [1.29, 1.82) is 0 Å². The van der Waals surface area contributed by atoms with Crippen LogP contribution in [0.2, 0.25) is 5.02 Å². The fourth-order valence-corrected chi connectivity index (χ4v) is 2.36. The summed E-state index contributed by atoms with van der Waals surface area (Å²) in [4.78, 5) is 24.1. The van der Waals surface area contributed by atoms with Crippen molar-refractivity contribution in [3.05, 3.63) is 45.3 Å². The predicted molar refractivity (Wildman–Crippen MR) is 98.2 cm³/mol. The molecule has 128 valence electrons. The van der Waals surface area contributed by atoms with Gasteiger partial charge in [0, 0.05) is 17.6 Å². The van der Waals surface area contributed by atoms with Gasteiger partial charge in [-0.05, 0) is 36.8 Å². The Morgan fingerprint density at radius 2 is 2.04 bits per heavy atom. The van der Waals surface area contributed by atoms with E-state index in [4.69, 9.17) is 28.2 Å². The fraction of sp³-hybridized carbons (Fsp3) is 0.312. The molecule has 6 nitrogen and oxygen atoms in total. The number of carbonyl (C=O) groups is 1. The van der Waals surface area contributed by atoms with E-state index in [1.54, 1.807) is 12.1 Å². The zero-order valence-corrected chi connectivity index (χ0v) is 14.7. The van der Waals surface area contributed by atoms with Gasteiger partial charge in [0.05, 0.1) is 5.39 Å². The van der Waals surface area contributed by atoms with Crippen molar-refractivity contribution >= 4 is 45.8 Å². The van der Waals surface area contributed by atoms with E-state index in [0.29, 0.717) is 15.5 Å². The molecule has 1 aromatic heterocycles. The van der Waals surface area contributed by atoms with Crippen molar-refractivity contribution in [1.82, 2.24) is 16.2 Å². The van der Waals surface area contributed by atoms with Crippen LogP contribution in [-0.4, -0.2) is 17.6 Å². The second-order valence-electron chi connectivity index (χ2n) is 5.16. The minimum absolute atomic E-state index is 0.115. The Kier molecular flexibility index (Phi) is 6.57. The van der Waals surface area contributed by atoms with Crippen molar-refractivity contribution in [3.63, 3.8) is 0 Å². The highest BCUT2D eigenvalue weighted by atomic mass is 35.5. The van der Waals surface area contributed by atoms with Gasteiger partial charge in [-0.1, -0.05) is 31.4 Å². The van der Waals surface area contributed by atoms with Gasteiger partial charge in [-0.2, -0.15) is 0 Å². The Hall–Kier alpha value is -2.12. The van der Waals surface area contributed by atoms with E-state index in [2.05, 4.69) is 23.1 Å². The van der Waals surface area contributed by atoms with Gasteiger partial charge in [-0.15, -0.1) is 0 Å². The van der Waals surface area contributed by atoms with Gasteiger partial charge in [0.15, 0.2) is 16.3 Å². The molecule has 0 aliphatic rings. The maximum absolute atomic E-state index is 12.1. The van der Waals surface area contributed by atoms with Gasteiger partial charge in [0.1, 0.15) is 5.58 Å². The van der Waals surface area contributed by atoms with Crippen molar-refractivity contribution in [2.24, 2.45) is 0 Å². The second kappa shape index (κ2) is 8.65. The smallest absolute Gasteiger partial charge is 0.305 e. The number of fused-ring (bicyclic) bond motifs is 1. The van der Waals surface area contributed by atoms with Crippen LogP contribution in [0, 0.1) is 0 Å². The number of rotatable bonds is 5. The topological polar surface area (TPSA) is 83.4 Å². The SMILES string of the molecule is CCCCCNC(=S)NNC(=O)c1cc(=O)c2cc(Cl)ccc2o1. The van der Waals surface area contributed by atoms with Gasteiger partial charge in [-0.25, -0.2) is 0 Å². The maximum atomic E-state index is 12.1. The number of thiocarbonyl (C=S) groups is 1. The quantitative estimate of drug-likeness (QED) is 0.428. The highest BCUT2D eigenvalue weighted by Crippen LogP contribution is 2.17. The summed E-state index contributed by atoms with van der Waals surface area (Å²) in [6.45, 7) is 2.84. The minimum Gasteiger partial charge on any atom is -0.451 e. The first-order chi connectivity index (χ1) is 11.5. The summed E-state index contributed by atoms with van der Waals surface area (Å²) < 4.78 is 5.43. The summed E-state index contributed by atoms with van der Waals surface area (Å²) in [7, 11) is 0. The van der Waals surface area contributed by atoms with Crippen molar-refractivity contribution in [2.75, 3.05) is 6.54 Å². The summed E-state index contributed by atoms with van der Waals surface area (Å²) in [5.74, 6) is -0.710. The normalized spacial score (nSPS) is 10.4. The first-order valence-corrected chi connectivity index (χ1v) is 8.37. The van der Waals surface area contributed by atoms with Crippen LogP contribution < -0.4 is 21.6 Å². The Labute approximate surface area is 149 Å². The number of halogens is 1. The summed E-state index contributed by atoms with van der Waals surface area (Å²) in [5.41, 5.74) is 4.91. The lowest BCUT2D eigenvalue weighted by Crippen LogP contribution is -2.47. The third-order valence-electron chi connectivity index (χ3n) is 3.27. The molecule has 0 spiro atoms. The van der Waals surface area contributed by atoms with Crippen LogP contribution in [0.15, 0.2) is 33.5 Å². The van der Waals surface area contributed by atoms with Crippen molar-refractivity contribution in [3.8, 4) is 0 Å². The van der Waals surface area contributed by atoms with Crippen molar-refractivity contribution < 1.29 is 9.21 Å². The number of hydrogen-bond acceptors (Lipinski definition) is 4. The molecule has 0 aliphatic heterocycles. The van der Waals surface area contributed by atoms with Crippen molar-refractivity contribution in [2.45, 2.75) is 26.2 Å². The molecule has 0 saturated carbocycles. The van der Waals surface area contributed by atoms with E-state index < -0.39 is 5.91 Å². The zero-order valence-electron chi connectivity index (χ0n) is 13.1. The molecule has 1 heterocycles. The first-order valence-electron chi connectivity index (χ1n) is 7.59. The van der Waals surface area contributed by atoms with Gasteiger partial charge >= 0.3 is 5.91 Å². The van der Waals surface area contributed by atoms with Gasteiger partial charge in [0.25, 0.3) is 0 Å². The van der Waals surface area contributed by atoms with Crippen LogP contribution in [0.25, 0.3) is 11.0 Å². The van der Waals surface area contributed by atoms with Crippen LogP contribution in [0.4, 0.5) is 0 Å². The molecule has 3 N–H and O–H groups in total. The van der Waals surface area contributed by atoms with E-state index in [-0.39, 0.29) is 16.8 Å². The van der Waals surface area contributed by atoms with E-state index in [9.17, 15) is 9.59 Å². The number of unbranched alkanes of at least 4 members (excludes halogenated alkanes) is 2. The molecule has 0 saturated heterocycles. The van der Waals surface area contributed by atoms with E-state index in [0.717, 1.165) is 31.9 Å². The Morgan fingerprint density at radius 1 is 1.25 bits per heavy atom. The number of benzene rings is 1. The Morgan fingerprint density at radius 3 is 2.79 bits per heavy atom. The van der Waals surface area contributed by atoms with Gasteiger partial charge in [-0.3, -0.25) is 20.4 Å². The maximum Gasteiger partial charge on any atom is 0.305 e. The molecule has 0 radical (unpaired) electrons. The molecular weight excluding hydrogens is 350 g/mol. The number of nitrogens with one attached hydrogen (secondary N) is 3. The molecule has 0 atom stereocenters. The predicted octanol–water partition coefficient (Wildman–Crippen LogP) is 2.75. The molecule has 1 amide bonds. The molecule has 8 heteroatoms. The molecule has 2 aromatic rings. The summed E-state index contributed by atoms with van der Waals surface area (Å²) in [6, 6.07) is 5.75. The third-order valence-corrected chi connectivity index (χ3v) is 3.75. The van der Waals surface area contributed by atoms with Crippen LogP contribution in [0.1, 0.15) is 36.7 Å². The number of hydrogen-bond donors (Lipinski definition) is 3. The van der Waals surface area contributed by atoms with Gasteiger partial charge < -0.3 is 9.73 Å². The summed E-state index contributed by atoms with van der Waals surface area (Å²) >= 11 is 10.9. The van der Waals surface area contributed by atoms with E-state index in [1.165, 1.54) is 6.07 Å². The zero-order chi connectivity index (χ0) is 17.5. The molecule has 0 aliphatic carbocycles.